The Hall–Kier alpha value is -1.94. The fourth-order valence-corrected chi connectivity index (χ4v) is 3.89. The molecule has 0 spiro atoms. The fraction of sp³-hybridized carbons (Fsp3) is 0.316. The van der Waals surface area contributed by atoms with Crippen molar-refractivity contribution < 1.29 is 9.57 Å². The maximum atomic E-state index is 5.79. The lowest BCUT2D eigenvalue weighted by Crippen LogP contribution is -2.21. The molecule has 0 N–H and O–H groups in total. The molecule has 2 aromatic rings. The normalized spacial score (nSPS) is 22.0. The summed E-state index contributed by atoms with van der Waals surface area (Å²) in [6.07, 6.45) is 0.934. The zero-order valence-corrected chi connectivity index (χ0v) is 14.0. The van der Waals surface area contributed by atoms with Crippen LogP contribution in [0.4, 0.5) is 0 Å². The van der Waals surface area contributed by atoms with Gasteiger partial charge in [-0.05, 0) is 24.1 Å². The molecule has 2 atom stereocenters. The zero-order valence-electron chi connectivity index (χ0n) is 13.2. The van der Waals surface area contributed by atoms with E-state index in [2.05, 4.69) is 53.7 Å². The highest BCUT2D eigenvalue weighted by Gasteiger charge is 2.35. The van der Waals surface area contributed by atoms with Crippen LogP contribution in [0.2, 0.25) is 0 Å². The van der Waals surface area contributed by atoms with Gasteiger partial charge in [0.25, 0.3) is 0 Å². The average Bonchev–Trinajstić information content (AvgIpc) is 2.97. The van der Waals surface area contributed by atoms with E-state index < -0.39 is 0 Å². The second-order valence-corrected chi connectivity index (χ2v) is 6.70. The van der Waals surface area contributed by atoms with Crippen molar-refractivity contribution in [1.29, 1.82) is 0 Å². The maximum Gasteiger partial charge on any atom is 0.229 e. The summed E-state index contributed by atoms with van der Waals surface area (Å²) in [5.74, 6) is 2.46. The quantitative estimate of drug-likeness (QED) is 0.587. The molecule has 3 nitrogen and oxygen atoms in total. The topological polar surface area (TPSA) is 30.8 Å². The molecule has 1 aliphatic heterocycles. The molecule has 1 fully saturated rings. The van der Waals surface area contributed by atoms with Crippen LogP contribution in [0.25, 0.3) is 0 Å². The van der Waals surface area contributed by atoms with Crippen molar-refractivity contribution in [3.63, 3.8) is 0 Å². The first-order chi connectivity index (χ1) is 11.4. The summed E-state index contributed by atoms with van der Waals surface area (Å²) in [5, 5.41) is 4.09. The fourth-order valence-electron chi connectivity index (χ4n) is 2.81. The van der Waals surface area contributed by atoms with Gasteiger partial charge in [-0.3, -0.25) is 0 Å². The van der Waals surface area contributed by atoms with Gasteiger partial charge in [-0.15, -0.1) is 11.8 Å². The molecule has 0 amide bonds. The minimum absolute atomic E-state index is 0.272. The van der Waals surface area contributed by atoms with Crippen molar-refractivity contribution in [2.24, 2.45) is 17.0 Å². The molecule has 4 heteroatoms. The second kappa shape index (κ2) is 8.06. The van der Waals surface area contributed by atoms with Gasteiger partial charge in [-0.25, -0.2) is 0 Å². The molecule has 0 radical (unpaired) electrons. The van der Waals surface area contributed by atoms with Gasteiger partial charge < -0.3 is 9.57 Å². The molecule has 0 bridgehead atoms. The van der Waals surface area contributed by atoms with Crippen LogP contribution in [0.15, 0.2) is 70.7 Å². The minimum atomic E-state index is 0.272. The number of hydrogen-bond acceptors (Lipinski definition) is 4. The van der Waals surface area contributed by atoms with Gasteiger partial charge in [0.15, 0.2) is 0 Å². The van der Waals surface area contributed by atoms with E-state index in [1.165, 1.54) is 10.5 Å². The number of rotatable bonds is 6. The van der Waals surface area contributed by atoms with E-state index in [-0.39, 0.29) is 5.92 Å². The monoisotopic (exact) mass is 327 g/mol. The Labute approximate surface area is 141 Å². The Morgan fingerprint density at radius 1 is 1.09 bits per heavy atom. The van der Waals surface area contributed by atoms with Crippen LogP contribution in [-0.4, -0.2) is 25.4 Å². The number of nitrogens with zero attached hydrogens (tertiary/aromatic N) is 1. The van der Waals surface area contributed by atoms with Crippen LogP contribution in [0.5, 0.6) is 0 Å². The molecule has 0 unspecified atom stereocenters. The van der Waals surface area contributed by atoms with Gasteiger partial charge in [-0.2, -0.15) is 0 Å². The summed E-state index contributed by atoms with van der Waals surface area (Å²) in [6.45, 7) is 0.708. The molecular weight excluding hydrogens is 306 g/mol. The predicted octanol–water partition coefficient (Wildman–Crippen LogP) is 4.24. The van der Waals surface area contributed by atoms with Crippen molar-refractivity contribution in [1.82, 2.24) is 0 Å². The minimum Gasteiger partial charge on any atom is -0.478 e. The Morgan fingerprint density at radius 2 is 1.78 bits per heavy atom. The predicted molar refractivity (Wildman–Crippen MR) is 94.7 cm³/mol. The summed E-state index contributed by atoms with van der Waals surface area (Å²) in [6, 6.07) is 21.0. The maximum absolute atomic E-state index is 5.79. The first kappa shape index (κ1) is 15.9. The summed E-state index contributed by atoms with van der Waals surface area (Å²) >= 11 is 1.88. The summed E-state index contributed by atoms with van der Waals surface area (Å²) in [5.41, 5.74) is 1.31. The van der Waals surface area contributed by atoms with Gasteiger partial charge in [-0.1, -0.05) is 53.7 Å². The highest BCUT2D eigenvalue weighted by Crippen LogP contribution is 2.32. The highest BCUT2D eigenvalue weighted by atomic mass is 32.2. The molecule has 3 rings (SSSR count). The average molecular weight is 327 g/mol. The van der Waals surface area contributed by atoms with Crippen LogP contribution in [0.1, 0.15) is 5.56 Å². The lowest BCUT2D eigenvalue weighted by molar-refractivity contribution is 0.195. The summed E-state index contributed by atoms with van der Waals surface area (Å²) < 4.78 is 5.79. The highest BCUT2D eigenvalue weighted by molar-refractivity contribution is 7.99. The standard InChI is InChI=1S/C19H21NO2S/c1-21-20-19-18(12-15-8-4-2-5-9-15)16(13-22-19)14-23-17-10-6-3-7-11-17/h2-11,16,18H,12-14H2,1H3/b20-19-/t16-,18-/m0/s1. The van der Waals surface area contributed by atoms with Gasteiger partial charge in [0.2, 0.25) is 5.90 Å². The van der Waals surface area contributed by atoms with Crippen LogP contribution in [0, 0.1) is 11.8 Å². The molecule has 2 aromatic carbocycles. The first-order valence-electron chi connectivity index (χ1n) is 7.82. The third-order valence-corrected chi connectivity index (χ3v) is 5.22. The van der Waals surface area contributed by atoms with Crippen molar-refractivity contribution >= 4 is 17.7 Å². The van der Waals surface area contributed by atoms with Crippen LogP contribution in [-0.2, 0) is 16.0 Å². The van der Waals surface area contributed by atoms with Gasteiger partial charge >= 0.3 is 0 Å². The van der Waals surface area contributed by atoms with E-state index in [4.69, 9.17) is 9.57 Å². The van der Waals surface area contributed by atoms with Crippen LogP contribution >= 0.6 is 11.8 Å². The molecule has 0 saturated carbocycles. The molecule has 1 heterocycles. The zero-order chi connectivity index (χ0) is 15.9. The van der Waals surface area contributed by atoms with E-state index in [0.29, 0.717) is 12.5 Å². The molecule has 23 heavy (non-hydrogen) atoms. The summed E-state index contributed by atoms with van der Waals surface area (Å²) in [7, 11) is 1.57. The lowest BCUT2D eigenvalue weighted by Gasteiger charge is -2.16. The molecule has 120 valence electrons. The number of thioether (sulfide) groups is 1. The van der Waals surface area contributed by atoms with E-state index in [1.807, 2.05) is 23.9 Å². The molecule has 1 aliphatic rings. The van der Waals surface area contributed by atoms with Gasteiger partial charge in [0.05, 0.1) is 6.61 Å². The summed E-state index contributed by atoms with van der Waals surface area (Å²) in [4.78, 5) is 6.26. The first-order valence-corrected chi connectivity index (χ1v) is 8.81. The Balaban J connectivity index is 1.69. The Bertz CT molecular complexity index is 630. The smallest absolute Gasteiger partial charge is 0.229 e. The number of hydrogen-bond donors (Lipinski definition) is 0. The van der Waals surface area contributed by atoms with Crippen molar-refractivity contribution in [2.45, 2.75) is 11.3 Å². The largest absolute Gasteiger partial charge is 0.478 e. The third-order valence-electron chi connectivity index (χ3n) is 4.02. The van der Waals surface area contributed by atoms with Crippen LogP contribution < -0.4 is 0 Å². The Morgan fingerprint density at radius 3 is 2.48 bits per heavy atom. The van der Waals surface area contributed by atoms with Gasteiger partial charge in [0.1, 0.15) is 7.11 Å². The Kier molecular flexibility index (Phi) is 5.59. The molecule has 0 aliphatic carbocycles. The van der Waals surface area contributed by atoms with E-state index >= 15 is 0 Å². The van der Waals surface area contributed by atoms with E-state index in [0.717, 1.165) is 18.1 Å². The van der Waals surface area contributed by atoms with Crippen molar-refractivity contribution in [3.8, 4) is 0 Å². The number of benzene rings is 2. The molecule has 0 aromatic heterocycles. The van der Waals surface area contributed by atoms with Crippen LogP contribution in [0.3, 0.4) is 0 Å². The van der Waals surface area contributed by atoms with Crippen molar-refractivity contribution in [2.75, 3.05) is 19.5 Å². The van der Waals surface area contributed by atoms with E-state index in [1.54, 1.807) is 7.11 Å². The SMILES string of the molecule is CO/N=C1\OC[C@@H](CSc2ccccc2)[C@@H]1Cc1ccccc1. The van der Waals surface area contributed by atoms with Gasteiger partial charge in [0, 0.05) is 22.5 Å². The van der Waals surface area contributed by atoms with Crippen molar-refractivity contribution in [3.05, 3.63) is 66.2 Å². The molecular formula is C19H21NO2S. The van der Waals surface area contributed by atoms with E-state index in [9.17, 15) is 0 Å². The third kappa shape index (κ3) is 4.29. The number of oxime groups is 1. The molecule has 1 saturated heterocycles. The second-order valence-electron chi connectivity index (χ2n) is 5.60. The lowest BCUT2D eigenvalue weighted by atomic mass is 9.90. The number of ether oxygens (including phenoxy) is 1.